The highest BCUT2D eigenvalue weighted by atomic mass is 35.5. The van der Waals surface area contributed by atoms with E-state index in [-0.39, 0.29) is 28.9 Å². The Hall–Kier alpha value is -3.73. The minimum Gasteiger partial charge on any atom is -0.463 e. The second-order valence-corrected chi connectivity index (χ2v) is 6.80. The van der Waals surface area contributed by atoms with Crippen LogP contribution in [0, 0.1) is 0 Å². The Morgan fingerprint density at radius 1 is 1.16 bits per heavy atom. The van der Waals surface area contributed by atoms with Gasteiger partial charge in [-0.2, -0.15) is 18.3 Å². The molecule has 12 heteroatoms. The van der Waals surface area contributed by atoms with Crippen LogP contribution in [0.1, 0.15) is 16.2 Å². The van der Waals surface area contributed by atoms with Crippen molar-refractivity contribution < 1.29 is 31.9 Å². The second kappa shape index (κ2) is 6.91. The Morgan fingerprint density at radius 2 is 1.97 bits per heavy atom. The largest absolute Gasteiger partial charge is 0.463 e. The number of anilines is 1. The Balaban J connectivity index is 1.58. The van der Waals surface area contributed by atoms with E-state index < -0.39 is 23.5 Å². The summed E-state index contributed by atoms with van der Waals surface area (Å²) in [5.41, 5.74) is -1.70. The number of furan rings is 1. The van der Waals surface area contributed by atoms with Gasteiger partial charge in [-0.25, -0.2) is 9.50 Å². The number of aromatic nitrogens is 3. The van der Waals surface area contributed by atoms with Gasteiger partial charge in [0.05, 0.1) is 6.26 Å². The summed E-state index contributed by atoms with van der Waals surface area (Å²) in [4.78, 5) is 16.8. The van der Waals surface area contributed by atoms with Crippen LogP contribution in [0.25, 0.3) is 17.1 Å². The predicted octanol–water partition coefficient (Wildman–Crippen LogP) is 4.64. The first-order chi connectivity index (χ1) is 14.8. The van der Waals surface area contributed by atoms with E-state index in [0.29, 0.717) is 21.7 Å². The molecule has 8 nitrogen and oxygen atoms in total. The molecule has 4 heterocycles. The predicted molar refractivity (Wildman–Crippen MR) is 101 cm³/mol. The van der Waals surface area contributed by atoms with Crippen molar-refractivity contribution in [3.8, 4) is 23.0 Å². The average molecular weight is 451 g/mol. The molecule has 1 amide bonds. The molecule has 0 radical (unpaired) electrons. The second-order valence-electron chi connectivity index (χ2n) is 6.42. The first-order valence-corrected chi connectivity index (χ1v) is 9.10. The van der Waals surface area contributed by atoms with Gasteiger partial charge in [0.15, 0.2) is 34.3 Å². The summed E-state index contributed by atoms with van der Waals surface area (Å²) in [5, 5.41) is 5.97. The van der Waals surface area contributed by atoms with Crippen molar-refractivity contribution in [1.82, 2.24) is 14.6 Å². The molecule has 1 aromatic carbocycles. The summed E-state index contributed by atoms with van der Waals surface area (Å²) < 4.78 is 57.1. The molecule has 3 aromatic heterocycles. The normalized spacial score (nSPS) is 13.0. The number of ether oxygens (including phenoxy) is 2. The Morgan fingerprint density at radius 3 is 2.71 bits per heavy atom. The van der Waals surface area contributed by atoms with Gasteiger partial charge in [-0.15, -0.1) is 0 Å². The Kier molecular flexibility index (Phi) is 4.29. The van der Waals surface area contributed by atoms with Crippen LogP contribution in [0.3, 0.4) is 0 Å². The summed E-state index contributed by atoms with van der Waals surface area (Å²) >= 11 is 6.22. The van der Waals surface area contributed by atoms with Gasteiger partial charge in [-0.3, -0.25) is 4.79 Å². The van der Waals surface area contributed by atoms with Crippen LogP contribution in [0.2, 0.25) is 5.02 Å². The minimum absolute atomic E-state index is 0.0505. The SMILES string of the molecule is O=C(Nc1ccc2c(c1)OCO2)c1nn2c(C(F)(F)F)cc(-c3ccco3)nc2c1Cl. The number of nitrogens with zero attached hydrogens (tertiary/aromatic N) is 3. The zero-order valence-corrected chi connectivity index (χ0v) is 16.0. The summed E-state index contributed by atoms with van der Waals surface area (Å²) in [6.45, 7) is 0.0505. The van der Waals surface area contributed by atoms with Crippen molar-refractivity contribution in [3.05, 3.63) is 59.1 Å². The quantitative estimate of drug-likeness (QED) is 0.489. The van der Waals surface area contributed by atoms with Crippen molar-refractivity contribution in [2.75, 3.05) is 12.1 Å². The van der Waals surface area contributed by atoms with Crippen molar-refractivity contribution in [2.45, 2.75) is 6.18 Å². The van der Waals surface area contributed by atoms with E-state index in [4.69, 9.17) is 25.5 Å². The fourth-order valence-corrected chi connectivity index (χ4v) is 3.30. The fraction of sp³-hybridized carbons (Fsp3) is 0.105. The number of alkyl halides is 3. The van der Waals surface area contributed by atoms with Crippen LogP contribution in [0.5, 0.6) is 11.5 Å². The van der Waals surface area contributed by atoms with E-state index >= 15 is 0 Å². The summed E-state index contributed by atoms with van der Waals surface area (Å²) in [7, 11) is 0. The van der Waals surface area contributed by atoms with E-state index in [2.05, 4.69) is 15.4 Å². The van der Waals surface area contributed by atoms with Crippen molar-refractivity contribution in [2.24, 2.45) is 0 Å². The van der Waals surface area contributed by atoms with E-state index in [0.717, 1.165) is 6.07 Å². The number of carbonyl (C=O) groups excluding carboxylic acids is 1. The number of hydrogen-bond donors (Lipinski definition) is 1. The van der Waals surface area contributed by atoms with Gasteiger partial charge in [-0.1, -0.05) is 11.6 Å². The highest BCUT2D eigenvalue weighted by Crippen LogP contribution is 2.36. The number of benzene rings is 1. The van der Waals surface area contributed by atoms with Crippen LogP contribution in [-0.2, 0) is 6.18 Å². The Labute approximate surface area is 176 Å². The Bertz CT molecular complexity index is 1320. The summed E-state index contributed by atoms with van der Waals surface area (Å²) in [6, 6.07) is 8.38. The molecule has 158 valence electrons. The maximum absolute atomic E-state index is 13.7. The van der Waals surface area contributed by atoms with E-state index in [1.807, 2.05) is 0 Å². The van der Waals surface area contributed by atoms with Crippen LogP contribution in [0.4, 0.5) is 18.9 Å². The highest BCUT2D eigenvalue weighted by molar-refractivity contribution is 6.37. The van der Waals surface area contributed by atoms with Crippen LogP contribution in [-0.4, -0.2) is 27.3 Å². The molecule has 0 saturated carbocycles. The zero-order chi connectivity index (χ0) is 21.8. The smallest absolute Gasteiger partial charge is 0.433 e. The molecule has 31 heavy (non-hydrogen) atoms. The van der Waals surface area contributed by atoms with Crippen LogP contribution < -0.4 is 14.8 Å². The molecular formula is C19H10ClF3N4O4. The van der Waals surface area contributed by atoms with Gasteiger partial charge in [-0.05, 0) is 30.3 Å². The van der Waals surface area contributed by atoms with E-state index in [9.17, 15) is 18.0 Å². The summed E-state index contributed by atoms with van der Waals surface area (Å²) in [5.74, 6) is 0.218. The van der Waals surface area contributed by atoms with Gasteiger partial charge >= 0.3 is 6.18 Å². The molecule has 0 unspecified atom stereocenters. The number of hydrogen-bond acceptors (Lipinski definition) is 6. The topological polar surface area (TPSA) is 90.9 Å². The standard InChI is InChI=1S/C19H10ClF3N4O4/c20-15-16(18(28)24-9-3-4-12-13(6-9)31-8-30-12)26-27-14(19(21,22)23)7-10(25-17(15)27)11-2-1-5-29-11/h1-7H,8H2,(H,24,28). The van der Waals surface area contributed by atoms with Crippen molar-refractivity contribution in [1.29, 1.82) is 0 Å². The zero-order valence-electron chi connectivity index (χ0n) is 15.2. The van der Waals surface area contributed by atoms with E-state index in [1.165, 1.54) is 24.5 Å². The molecule has 0 bridgehead atoms. The summed E-state index contributed by atoms with van der Waals surface area (Å²) in [6.07, 6.45) is -3.49. The molecule has 0 spiro atoms. The lowest BCUT2D eigenvalue weighted by Crippen LogP contribution is -2.15. The first kappa shape index (κ1) is 19.2. The van der Waals surface area contributed by atoms with E-state index in [1.54, 1.807) is 12.1 Å². The monoisotopic (exact) mass is 450 g/mol. The molecule has 0 fully saturated rings. The van der Waals surface area contributed by atoms with Gasteiger partial charge in [0, 0.05) is 11.8 Å². The third kappa shape index (κ3) is 3.32. The number of carbonyl (C=O) groups is 1. The number of halogens is 4. The maximum Gasteiger partial charge on any atom is 0.433 e. The van der Waals surface area contributed by atoms with Crippen molar-refractivity contribution in [3.63, 3.8) is 0 Å². The van der Waals surface area contributed by atoms with Gasteiger partial charge in [0.2, 0.25) is 6.79 Å². The third-order valence-electron chi connectivity index (χ3n) is 4.44. The lowest BCUT2D eigenvalue weighted by molar-refractivity contribution is -0.142. The molecule has 0 saturated heterocycles. The van der Waals surface area contributed by atoms with Gasteiger partial charge in [0.1, 0.15) is 10.7 Å². The lowest BCUT2D eigenvalue weighted by atomic mass is 10.2. The molecule has 0 atom stereocenters. The molecule has 1 aliphatic rings. The van der Waals surface area contributed by atoms with Crippen LogP contribution >= 0.6 is 11.6 Å². The molecule has 1 aliphatic heterocycles. The average Bonchev–Trinajstić information content (AvgIpc) is 3.46. The van der Waals surface area contributed by atoms with Crippen LogP contribution in [0.15, 0.2) is 47.1 Å². The molecule has 0 aliphatic carbocycles. The maximum atomic E-state index is 13.7. The molecular weight excluding hydrogens is 441 g/mol. The molecule has 4 aromatic rings. The number of amides is 1. The first-order valence-electron chi connectivity index (χ1n) is 8.72. The number of fused-ring (bicyclic) bond motifs is 2. The van der Waals surface area contributed by atoms with Gasteiger partial charge in [0.25, 0.3) is 5.91 Å². The lowest BCUT2D eigenvalue weighted by Gasteiger charge is -2.09. The van der Waals surface area contributed by atoms with Gasteiger partial charge < -0.3 is 19.2 Å². The third-order valence-corrected chi connectivity index (χ3v) is 4.79. The minimum atomic E-state index is -4.79. The molecule has 5 rings (SSSR count). The highest BCUT2D eigenvalue weighted by Gasteiger charge is 2.37. The molecule has 1 N–H and O–H groups in total. The fourth-order valence-electron chi connectivity index (χ4n) is 3.05. The van der Waals surface area contributed by atoms with Crippen molar-refractivity contribution >= 4 is 28.8 Å². The number of rotatable bonds is 3. The number of nitrogens with one attached hydrogen (secondary N) is 1.